The normalized spacial score (nSPS) is 15.8. The Labute approximate surface area is 223 Å². The van der Waals surface area contributed by atoms with Gasteiger partial charge >= 0.3 is 0 Å². The number of pyridine rings is 1. The Kier molecular flexibility index (Phi) is 7.45. The summed E-state index contributed by atoms with van der Waals surface area (Å²) in [5.74, 6) is 1.49. The van der Waals surface area contributed by atoms with Gasteiger partial charge < -0.3 is 19.5 Å². The molecule has 1 fully saturated rings. The smallest absolute Gasteiger partial charge is 0.267 e. The summed E-state index contributed by atoms with van der Waals surface area (Å²) < 4.78 is 18.1. The van der Waals surface area contributed by atoms with Gasteiger partial charge in [-0.2, -0.15) is 0 Å². The van der Waals surface area contributed by atoms with Crippen molar-refractivity contribution in [3.8, 4) is 11.5 Å². The summed E-state index contributed by atoms with van der Waals surface area (Å²) in [5, 5.41) is 3.27. The maximum absolute atomic E-state index is 13.5. The minimum atomic E-state index is -0.262. The van der Waals surface area contributed by atoms with Crippen molar-refractivity contribution >= 4 is 51.7 Å². The maximum atomic E-state index is 13.5. The van der Waals surface area contributed by atoms with E-state index in [1.165, 1.54) is 21.1 Å². The van der Waals surface area contributed by atoms with Crippen molar-refractivity contribution < 1.29 is 19.0 Å². The van der Waals surface area contributed by atoms with E-state index in [1.807, 2.05) is 38.1 Å². The number of thiocarbonyl (C=S) groups is 1. The van der Waals surface area contributed by atoms with E-state index in [9.17, 15) is 9.59 Å². The topological polar surface area (TPSA) is 94.4 Å². The molecule has 4 heterocycles. The number of fused-ring (bicyclic) bond motifs is 2. The highest BCUT2D eigenvalue weighted by Gasteiger charge is 2.33. The van der Waals surface area contributed by atoms with Gasteiger partial charge in [0.05, 0.1) is 17.0 Å². The highest BCUT2D eigenvalue weighted by molar-refractivity contribution is 8.26. The number of nitrogens with one attached hydrogen (secondary N) is 1. The molecule has 192 valence electrons. The van der Waals surface area contributed by atoms with Crippen LogP contribution in [-0.2, 0) is 16.1 Å². The number of hydrogen-bond acceptors (Lipinski definition) is 9. The highest BCUT2D eigenvalue weighted by Crippen LogP contribution is 2.36. The lowest BCUT2D eigenvalue weighted by molar-refractivity contribution is -0.122. The van der Waals surface area contributed by atoms with E-state index >= 15 is 0 Å². The third kappa shape index (κ3) is 5.20. The predicted molar refractivity (Wildman–Crippen MR) is 147 cm³/mol. The molecule has 37 heavy (non-hydrogen) atoms. The Bertz CT molecular complexity index is 1470. The minimum absolute atomic E-state index is 0.180. The van der Waals surface area contributed by atoms with Crippen LogP contribution in [0.25, 0.3) is 11.7 Å². The van der Waals surface area contributed by atoms with E-state index in [2.05, 4.69) is 5.32 Å². The molecule has 0 atom stereocenters. The highest BCUT2D eigenvalue weighted by atomic mass is 32.2. The number of rotatable bonds is 9. The van der Waals surface area contributed by atoms with Crippen molar-refractivity contribution in [2.45, 2.75) is 26.8 Å². The van der Waals surface area contributed by atoms with Gasteiger partial charge in [0.15, 0.2) is 11.5 Å². The number of ether oxygens (including phenoxy) is 3. The van der Waals surface area contributed by atoms with E-state index in [4.69, 9.17) is 31.4 Å². The Morgan fingerprint density at radius 2 is 2.08 bits per heavy atom. The van der Waals surface area contributed by atoms with Crippen LogP contribution in [0.5, 0.6) is 11.5 Å². The van der Waals surface area contributed by atoms with Gasteiger partial charge in [0.1, 0.15) is 15.8 Å². The molecule has 2 aliphatic rings. The zero-order valence-corrected chi connectivity index (χ0v) is 22.1. The van der Waals surface area contributed by atoms with Crippen molar-refractivity contribution in [3.05, 3.63) is 68.5 Å². The summed E-state index contributed by atoms with van der Waals surface area (Å²) in [6.07, 6.45) is 4.02. The first-order chi connectivity index (χ1) is 18.0. The van der Waals surface area contributed by atoms with Crippen LogP contribution >= 0.6 is 24.0 Å². The van der Waals surface area contributed by atoms with Crippen LogP contribution in [0.1, 0.15) is 30.0 Å². The molecule has 0 bridgehead atoms. The molecule has 2 aliphatic heterocycles. The van der Waals surface area contributed by atoms with E-state index in [-0.39, 0.29) is 24.8 Å². The lowest BCUT2D eigenvalue weighted by atomic mass is 10.2. The molecule has 1 aromatic carbocycles. The second kappa shape index (κ2) is 10.9. The Balaban J connectivity index is 1.45. The van der Waals surface area contributed by atoms with Gasteiger partial charge in [-0.15, -0.1) is 0 Å². The number of hydrogen-bond donors (Lipinski definition) is 1. The fraction of sp³-hybridized carbons (Fsp3) is 0.308. The van der Waals surface area contributed by atoms with Gasteiger partial charge in [0.2, 0.25) is 6.79 Å². The number of nitrogens with zero attached hydrogens (tertiary/aromatic N) is 3. The molecular weight excluding hydrogens is 512 g/mol. The molecule has 9 nitrogen and oxygen atoms in total. The Morgan fingerprint density at radius 3 is 2.92 bits per heavy atom. The van der Waals surface area contributed by atoms with Crippen molar-refractivity contribution in [1.29, 1.82) is 0 Å². The molecule has 0 radical (unpaired) electrons. The van der Waals surface area contributed by atoms with Crippen LogP contribution in [0.15, 0.2) is 46.2 Å². The van der Waals surface area contributed by atoms with Crippen LogP contribution in [0, 0.1) is 6.92 Å². The van der Waals surface area contributed by atoms with Gasteiger partial charge in [-0.1, -0.05) is 36.1 Å². The monoisotopic (exact) mass is 538 g/mol. The number of carbonyl (C=O) groups is 1. The van der Waals surface area contributed by atoms with Crippen LogP contribution in [0.3, 0.4) is 0 Å². The third-order valence-corrected chi connectivity index (χ3v) is 7.35. The SMILES string of the molecule is CCOCCCNc1nc2c(C)cccn2c(=O)c1/C=C1/SC(=S)N(Cc2ccc3c(c2)OCO3)C1=O. The number of amides is 1. The van der Waals surface area contributed by atoms with Crippen LogP contribution < -0.4 is 20.3 Å². The second-order valence-electron chi connectivity index (χ2n) is 8.50. The zero-order chi connectivity index (χ0) is 25.9. The van der Waals surface area contributed by atoms with Crippen LogP contribution in [0.2, 0.25) is 0 Å². The number of aromatic nitrogens is 2. The Hall–Kier alpha value is -3.41. The van der Waals surface area contributed by atoms with Gasteiger partial charge in [-0.25, -0.2) is 4.98 Å². The quantitative estimate of drug-likeness (QED) is 0.247. The van der Waals surface area contributed by atoms with Crippen molar-refractivity contribution in [1.82, 2.24) is 14.3 Å². The molecule has 11 heteroatoms. The summed E-state index contributed by atoms with van der Waals surface area (Å²) >= 11 is 6.69. The minimum Gasteiger partial charge on any atom is -0.454 e. The van der Waals surface area contributed by atoms with Crippen molar-refractivity contribution in [3.63, 3.8) is 0 Å². The standard InChI is InChI=1S/C26H26N4O5S2/c1-3-33-11-5-9-27-22-18(24(31)29-10-4-6-16(2)23(29)28-22)13-21-25(32)30(26(36)37-21)14-17-7-8-19-20(12-17)35-15-34-19/h4,6-8,10,12-13,27H,3,5,9,11,14-15H2,1-2H3/b21-13+. The van der Waals surface area contributed by atoms with Crippen LogP contribution in [0.4, 0.5) is 5.82 Å². The first-order valence-corrected chi connectivity index (χ1v) is 13.2. The van der Waals surface area contributed by atoms with Gasteiger partial charge in [-0.05, 0) is 55.7 Å². The molecule has 1 saturated heterocycles. The van der Waals surface area contributed by atoms with Crippen molar-refractivity contribution in [2.24, 2.45) is 0 Å². The average molecular weight is 539 g/mol. The van der Waals surface area contributed by atoms with Gasteiger partial charge in [0.25, 0.3) is 11.5 Å². The van der Waals surface area contributed by atoms with E-state index < -0.39 is 0 Å². The molecule has 1 N–H and O–H groups in total. The fourth-order valence-electron chi connectivity index (χ4n) is 4.09. The first-order valence-electron chi connectivity index (χ1n) is 11.9. The number of aryl methyl sites for hydroxylation is 1. The fourth-order valence-corrected chi connectivity index (χ4v) is 5.33. The molecule has 0 unspecified atom stereocenters. The summed E-state index contributed by atoms with van der Waals surface area (Å²) in [7, 11) is 0. The number of carbonyl (C=O) groups excluding carboxylic acids is 1. The molecule has 0 saturated carbocycles. The zero-order valence-electron chi connectivity index (χ0n) is 20.5. The van der Waals surface area contributed by atoms with Gasteiger partial charge in [-0.3, -0.25) is 18.9 Å². The molecule has 0 aliphatic carbocycles. The lowest BCUT2D eigenvalue weighted by Crippen LogP contribution is -2.27. The number of benzene rings is 1. The second-order valence-corrected chi connectivity index (χ2v) is 10.2. The molecule has 5 rings (SSSR count). The lowest BCUT2D eigenvalue weighted by Gasteiger charge is -2.15. The largest absolute Gasteiger partial charge is 0.454 e. The summed E-state index contributed by atoms with van der Waals surface area (Å²) in [6.45, 7) is 6.14. The molecular formula is C26H26N4O5S2. The number of anilines is 1. The van der Waals surface area contributed by atoms with E-state index in [0.717, 1.165) is 17.5 Å². The van der Waals surface area contributed by atoms with E-state index in [0.29, 0.717) is 57.5 Å². The summed E-state index contributed by atoms with van der Waals surface area (Å²) in [4.78, 5) is 33.5. The molecule has 2 aromatic heterocycles. The summed E-state index contributed by atoms with van der Waals surface area (Å²) in [6, 6.07) is 9.24. The molecule has 1 amide bonds. The summed E-state index contributed by atoms with van der Waals surface area (Å²) in [5.41, 5.74) is 2.34. The molecule has 0 spiro atoms. The third-order valence-electron chi connectivity index (χ3n) is 5.97. The van der Waals surface area contributed by atoms with Gasteiger partial charge in [0, 0.05) is 26.0 Å². The van der Waals surface area contributed by atoms with Crippen LogP contribution in [-0.4, -0.2) is 51.1 Å². The van der Waals surface area contributed by atoms with Crippen molar-refractivity contribution in [2.75, 3.05) is 31.9 Å². The first kappa shape index (κ1) is 25.2. The predicted octanol–water partition coefficient (Wildman–Crippen LogP) is 3.97. The molecule has 3 aromatic rings. The average Bonchev–Trinajstić information content (AvgIpc) is 3.46. The number of thioether (sulfide) groups is 1. The Morgan fingerprint density at radius 1 is 1.24 bits per heavy atom. The van der Waals surface area contributed by atoms with E-state index in [1.54, 1.807) is 18.3 Å². The maximum Gasteiger partial charge on any atom is 0.267 e.